The highest BCUT2D eigenvalue weighted by atomic mass is 16.1. The first-order valence-corrected chi connectivity index (χ1v) is 6.69. The molecule has 0 unspecified atom stereocenters. The first kappa shape index (κ1) is 11.4. The average Bonchev–Trinajstić information content (AvgIpc) is 2.84. The van der Waals surface area contributed by atoms with Gasteiger partial charge in [0, 0.05) is 22.3 Å². The monoisotopic (exact) mass is 260 g/mol. The lowest BCUT2D eigenvalue weighted by atomic mass is 9.82. The standard InChI is InChI=1S/C18H12O2/c1-10-6-7-11-8-15-16(9-14(10)11)18(20)13-5-3-2-4-12(13)17(15)19/h2-6,8-9H,7H2,1H3. The average molecular weight is 260 g/mol. The van der Waals surface area contributed by atoms with Crippen LogP contribution in [0.15, 0.2) is 42.5 Å². The lowest BCUT2D eigenvalue weighted by Crippen LogP contribution is -2.21. The molecule has 0 saturated heterocycles. The molecule has 0 saturated carbocycles. The number of allylic oxidation sites excluding steroid dienone is 2. The lowest BCUT2D eigenvalue weighted by molar-refractivity contribution is 0.0979. The molecule has 2 heteroatoms. The van der Waals surface area contributed by atoms with Gasteiger partial charge < -0.3 is 0 Å². The van der Waals surface area contributed by atoms with E-state index in [0.717, 1.165) is 17.5 Å². The molecule has 20 heavy (non-hydrogen) atoms. The van der Waals surface area contributed by atoms with Crippen molar-refractivity contribution in [3.8, 4) is 0 Å². The van der Waals surface area contributed by atoms with Gasteiger partial charge in [-0.25, -0.2) is 0 Å². The molecule has 0 atom stereocenters. The van der Waals surface area contributed by atoms with Gasteiger partial charge in [0.2, 0.25) is 0 Å². The second-order valence-electron chi connectivity index (χ2n) is 5.35. The van der Waals surface area contributed by atoms with Crippen molar-refractivity contribution in [3.63, 3.8) is 0 Å². The van der Waals surface area contributed by atoms with Gasteiger partial charge in [-0.1, -0.05) is 30.3 Å². The molecule has 0 N–H and O–H groups in total. The molecule has 2 aromatic carbocycles. The first-order chi connectivity index (χ1) is 9.66. The molecule has 0 bridgehead atoms. The summed E-state index contributed by atoms with van der Waals surface area (Å²) in [4.78, 5) is 25.2. The predicted octanol–water partition coefficient (Wildman–Crippen LogP) is 3.42. The Morgan fingerprint density at radius 2 is 1.40 bits per heavy atom. The Labute approximate surface area is 116 Å². The summed E-state index contributed by atoms with van der Waals surface area (Å²) >= 11 is 0. The zero-order valence-electron chi connectivity index (χ0n) is 11.1. The van der Waals surface area contributed by atoms with Crippen LogP contribution < -0.4 is 0 Å². The summed E-state index contributed by atoms with van der Waals surface area (Å²) in [6.45, 7) is 2.04. The van der Waals surface area contributed by atoms with Crippen molar-refractivity contribution in [3.05, 3.63) is 75.9 Å². The van der Waals surface area contributed by atoms with Crippen molar-refractivity contribution in [2.75, 3.05) is 0 Å². The van der Waals surface area contributed by atoms with E-state index in [1.54, 1.807) is 24.3 Å². The van der Waals surface area contributed by atoms with E-state index in [-0.39, 0.29) is 11.6 Å². The predicted molar refractivity (Wildman–Crippen MR) is 77.1 cm³/mol. The number of hydrogen-bond donors (Lipinski definition) is 0. The van der Waals surface area contributed by atoms with E-state index in [1.165, 1.54) is 5.57 Å². The van der Waals surface area contributed by atoms with Crippen LogP contribution >= 0.6 is 0 Å². The Morgan fingerprint density at radius 1 is 0.800 bits per heavy atom. The van der Waals surface area contributed by atoms with Crippen LogP contribution in [0.25, 0.3) is 5.57 Å². The van der Waals surface area contributed by atoms with Gasteiger partial charge >= 0.3 is 0 Å². The Morgan fingerprint density at radius 3 is 2.05 bits per heavy atom. The van der Waals surface area contributed by atoms with Crippen molar-refractivity contribution >= 4 is 17.1 Å². The maximum absolute atomic E-state index is 12.6. The van der Waals surface area contributed by atoms with Crippen molar-refractivity contribution in [1.29, 1.82) is 0 Å². The topological polar surface area (TPSA) is 34.1 Å². The number of carbonyl (C=O) groups is 2. The fourth-order valence-electron chi connectivity index (χ4n) is 3.10. The largest absolute Gasteiger partial charge is 0.289 e. The van der Waals surface area contributed by atoms with Gasteiger partial charge in [-0.2, -0.15) is 0 Å². The third-order valence-electron chi connectivity index (χ3n) is 4.20. The molecule has 2 aromatic rings. The quantitative estimate of drug-likeness (QED) is 0.620. The molecule has 0 aromatic heterocycles. The van der Waals surface area contributed by atoms with E-state index >= 15 is 0 Å². The fourth-order valence-corrected chi connectivity index (χ4v) is 3.10. The van der Waals surface area contributed by atoms with Crippen molar-refractivity contribution in [1.82, 2.24) is 0 Å². The molecule has 2 nitrogen and oxygen atoms in total. The van der Waals surface area contributed by atoms with Gasteiger partial charge in [0.05, 0.1) is 0 Å². The Bertz CT molecular complexity index is 825. The van der Waals surface area contributed by atoms with Crippen LogP contribution in [0.3, 0.4) is 0 Å². The van der Waals surface area contributed by atoms with E-state index in [0.29, 0.717) is 22.3 Å². The van der Waals surface area contributed by atoms with Crippen LogP contribution in [-0.2, 0) is 6.42 Å². The van der Waals surface area contributed by atoms with Gasteiger partial charge in [0.25, 0.3) is 0 Å². The number of fused-ring (bicyclic) bond motifs is 3. The van der Waals surface area contributed by atoms with Crippen LogP contribution in [0.2, 0.25) is 0 Å². The molecule has 0 aliphatic heterocycles. The van der Waals surface area contributed by atoms with Crippen LogP contribution in [0.1, 0.15) is 49.9 Å². The highest BCUT2D eigenvalue weighted by molar-refractivity contribution is 6.28. The van der Waals surface area contributed by atoms with E-state index < -0.39 is 0 Å². The van der Waals surface area contributed by atoms with Crippen LogP contribution in [0.4, 0.5) is 0 Å². The summed E-state index contributed by atoms with van der Waals surface area (Å²) in [7, 11) is 0. The molecular formula is C18H12O2. The fraction of sp³-hybridized carbons (Fsp3) is 0.111. The van der Waals surface area contributed by atoms with E-state index in [4.69, 9.17) is 0 Å². The van der Waals surface area contributed by atoms with Crippen LogP contribution in [0, 0.1) is 0 Å². The highest BCUT2D eigenvalue weighted by Crippen LogP contribution is 2.34. The van der Waals surface area contributed by atoms with Crippen molar-refractivity contribution in [2.24, 2.45) is 0 Å². The van der Waals surface area contributed by atoms with Gasteiger partial charge in [-0.15, -0.1) is 0 Å². The van der Waals surface area contributed by atoms with Crippen LogP contribution in [0.5, 0.6) is 0 Å². The van der Waals surface area contributed by atoms with E-state index in [1.807, 2.05) is 19.1 Å². The van der Waals surface area contributed by atoms with E-state index in [9.17, 15) is 9.59 Å². The molecule has 0 radical (unpaired) electrons. The zero-order valence-corrected chi connectivity index (χ0v) is 11.1. The minimum atomic E-state index is -0.0438. The molecule has 0 heterocycles. The summed E-state index contributed by atoms with van der Waals surface area (Å²) in [5.41, 5.74) is 5.56. The minimum Gasteiger partial charge on any atom is -0.289 e. The summed E-state index contributed by atoms with van der Waals surface area (Å²) in [5.74, 6) is -0.0831. The molecule has 0 fully saturated rings. The second-order valence-corrected chi connectivity index (χ2v) is 5.35. The summed E-state index contributed by atoms with van der Waals surface area (Å²) < 4.78 is 0. The van der Waals surface area contributed by atoms with Gasteiger partial charge in [-0.05, 0) is 42.2 Å². The molecule has 2 aliphatic rings. The van der Waals surface area contributed by atoms with Crippen molar-refractivity contribution in [2.45, 2.75) is 13.3 Å². The molecule has 2 aliphatic carbocycles. The normalized spacial score (nSPS) is 15.6. The van der Waals surface area contributed by atoms with E-state index in [2.05, 4.69) is 6.08 Å². The molecule has 0 amide bonds. The third-order valence-corrected chi connectivity index (χ3v) is 4.20. The Balaban J connectivity index is 2.01. The lowest BCUT2D eigenvalue weighted by Gasteiger charge is -2.19. The van der Waals surface area contributed by atoms with Gasteiger partial charge in [-0.3, -0.25) is 9.59 Å². The number of carbonyl (C=O) groups excluding carboxylic acids is 2. The maximum atomic E-state index is 12.6. The summed E-state index contributed by atoms with van der Waals surface area (Å²) in [6, 6.07) is 10.8. The van der Waals surface area contributed by atoms with Gasteiger partial charge in [0.1, 0.15) is 0 Å². The number of benzene rings is 2. The Hall–Kier alpha value is -2.48. The summed E-state index contributed by atoms with van der Waals surface area (Å²) in [6.07, 6.45) is 2.98. The highest BCUT2D eigenvalue weighted by Gasteiger charge is 2.31. The van der Waals surface area contributed by atoms with Gasteiger partial charge in [0.15, 0.2) is 11.6 Å². The molecule has 4 rings (SSSR count). The third kappa shape index (κ3) is 1.33. The molecule has 0 spiro atoms. The maximum Gasteiger partial charge on any atom is 0.194 e. The zero-order chi connectivity index (χ0) is 13.9. The smallest absolute Gasteiger partial charge is 0.194 e. The molecule has 96 valence electrons. The Kier molecular flexibility index (Phi) is 2.14. The number of ketones is 2. The number of hydrogen-bond acceptors (Lipinski definition) is 2. The summed E-state index contributed by atoms with van der Waals surface area (Å²) in [5, 5.41) is 0. The van der Waals surface area contributed by atoms with Crippen molar-refractivity contribution < 1.29 is 9.59 Å². The molecular weight excluding hydrogens is 248 g/mol. The van der Waals surface area contributed by atoms with Crippen LogP contribution in [-0.4, -0.2) is 11.6 Å². The first-order valence-electron chi connectivity index (χ1n) is 6.69. The minimum absolute atomic E-state index is 0.0393. The SMILES string of the molecule is CC1=CCc2cc3c(cc21)C(=O)c1ccccc1C3=O. The second kappa shape index (κ2) is 3.76. The number of rotatable bonds is 0.